The Balaban J connectivity index is 1.77. The van der Waals surface area contributed by atoms with Crippen LogP contribution < -0.4 is 5.32 Å². The molecule has 1 amide bonds. The predicted octanol–water partition coefficient (Wildman–Crippen LogP) is 2.60. The monoisotopic (exact) mass is 483 g/mol. The SMILES string of the molecule is CC[C@H](NC)C1(O)CN(C(=O)c2ccncc2Cc2ccc(I)cc2F)C1. The second kappa shape index (κ2) is 8.20. The third kappa shape index (κ3) is 4.14. The van der Waals surface area contributed by atoms with Crippen LogP contribution in [0.25, 0.3) is 0 Å². The second-order valence-corrected chi connectivity index (χ2v) is 8.21. The normalized spacial score (nSPS) is 16.7. The van der Waals surface area contributed by atoms with Gasteiger partial charge in [-0.2, -0.15) is 0 Å². The summed E-state index contributed by atoms with van der Waals surface area (Å²) in [5.74, 6) is -0.448. The van der Waals surface area contributed by atoms with Gasteiger partial charge in [0.15, 0.2) is 0 Å². The van der Waals surface area contributed by atoms with Crippen molar-refractivity contribution in [1.82, 2.24) is 15.2 Å². The molecule has 0 radical (unpaired) electrons. The average molecular weight is 483 g/mol. The fourth-order valence-electron chi connectivity index (χ4n) is 3.65. The lowest BCUT2D eigenvalue weighted by molar-refractivity contribution is -0.103. The molecule has 0 bridgehead atoms. The maximum Gasteiger partial charge on any atom is 0.254 e. The molecule has 1 aliphatic rings. The molecule has 0 saturated carbocycles. The number of pyridine rings is 1. The molecule has 3 rings (SSSR count). The quantitative estimate of drug-likeness (QED) is 0.621. The molecule has 27 heavy (non-hydrogen) atoms. The number of carbonyl (C=O) groups is 1. The lowest BCUT2D eigenvalue weighted by Crippen LogP contribution is -2.71. The molecule has 1 aromatic heterocycles. The summed E-state index contributed by atoms with van der Waals surface area (Å²) in [6, 6.07) is 6.66. The Labute approximate surface area is 172 Å². The number of aliphatic hydroxyl groups is 1. The standard InChI is InChI=1S/C20H23FIN3O2/c1-3-18(23-2)20(27)11-25(12-20)19(26)16-6-7-24-10-14(16)8-13-4-5-15(22)9-17(13)21/h4-7,9-10,18,23,27H,3,8,11-12H2,1-2H3/t18-/m0/s1. The van der Waals surface area contributed by atoms with Crippen LogP contribution in [0.15, 0.2) is 36.7 Å². The van der Waals surface area contributed by atoms with E-state index in [4.69, 9.17) is 0 Å². The maximum absolute atomic E-state index is 14.2. The van der Waals surface area contributed by atoms with Crippen LogP contribution in [0.1, 0.15) is 34.8 Å². The number of hydrogen-bond donors (Lipinski definition) is 2. The van der Waals surface area contributed by atoms with Crippen LogP contribution in [0.3, 0.4) is 0 Å². The number of nitrogens with one attached hydrogen (secondary N) is 1. The van der Waals surface area contributed by atoms with Crippen molar-refractivity contribution in [3.05, 3.63) is 62.7 Å². The summed E-state index contributed by atoms with van der Waals surface area (Å²) in [6.07, 6.45) is 4.25. The van der Waals surface area contributed by atoms with Gasteiger partial charge in [0.2, 0.25) is 0 Å². The van der Waals surface area contributed by atoms with E-state index in [9.17, 15) is 14.3 Å². The molecule has 5 nitrogen and oxygen atoms in total. The van der Waals surface area contributed by atoms with Gasteiger partial charge < -0.3 is 15.3 Å². The summed E-state index contributed by atoms with van der Waals surface area (Å²) in [5, 5.41) is 13.8. The molecule has 0 spiro atoms. The molecule has 2 N–H and O–H groups in total. The van der Waals surface area contributed by atoms with Crippen LogP contribution in [-0.4, -0.2) is 52.7 Å². The van der Waals surface area contributed by atoms with Crippen LogP contribution in [0.5, 0.6) is 0 Å². The number of hydrogen-bond acceptors (Lipinski definition) is 4. The summed E-state index contributed by atoms with van der Waals surface area (Å²) >= 11 is 2.06. The molecule has 1 fully saturated rings. The van der Waals surface area contributed by atoms with E-state index in [0.29, 0.717) is 23.1 Å². The van der Waals surface area contributed by atoms with Crippen molar-refractivity contribution in [3.8, 4) is 0 Å². The van der Waals surface area contributed by atoms with Crippen molar-refractivity contribution in [2.24, 2.45) is 0 Å². The summed E-state index contributed by atoms with van der Waals surface area (Å²) in [7, 11) is 1.81. The van der Waals surface area contributed by atoms with Crippen LogP contribution in [-0.2, 0) is 6.42 Å². The minimum atomic E-state index is -0.908. The van der Waals surface area contributed by atoms with Gasteiger partial charge in [0.25, 0.3) is 5.91 Å². The zero-order valence-electron chi connectivity index (χ0n) is 15.4. The van der Waals surface area contributed by atoms with Crippen molar-refractivity contribution < 1.29 is 14.3 Å². The Bertz CT molecular complexity index is 836. The van der Waals surface area contributed by atoms with E-state index in [1.165, 1.54) is 6.07 Å². The van der Waals surface area contributed by atoms with Crippen LogP contribution in [0, 0.1) is 9.39 Å². The first kappa shape index (κ1) is 20.2. The molecule has 2 heterocycles. The number of benzene rings is 1. The van der Waals surface area contributed by atoms with E-state index in [2.05, 4.69) is 32.9 Å². The van der Waals surface area contributed by atoms with E-state index in [1.54, 1.807) is 29.4 Å². The van der Waals surface area contributed by atoms with Crippen LogP contribution in [0.4, 0.5) is 4.39 Å². The number of likely N-dealkylation sites (N-methyl/N-ethyl adjacent to an activating group) is 1. The second-order valence-electron chi connectivity index (χ2n) is 6.96. The minimum Gasteiger partial charge on any atom is -0.385 e. The molecule has 0 aliphatic carbocycles. The van der Waals surface area contributed by atoms with Gasteiger partial charge in [0.1, 0.15) is 11.4 Å². The van der Waals surface area contributed by atoms with Gasteiger partial charge in [0.05, 0.1) is 13.1 Å². The molecule has 1 aliphatic heterocycles. The number of amides is 1. The zero-order valence-corrected chi connectivity index (χ0v) is 17.5. The molecular weight excluding hydrogens is 460 g/mol. The molecule has 144 valence electrons. The number of β-amino-alcohol motifs (C(OH)–C–C–N with tert-alkyl or cyclic N) is 1. The Morgan fingerprint density at radius 1 is 1.41 bits per heavy atom. The number of likely N-dealkylation sites (tertiary alicyclic amines) is 1. The highest BCUT2D eigenvalue weighted by molar-refractivity contribution is 14.1. The Hall–Kier alpha value is -1.58. The van der Waals surface area contributed by atoms with Crippen LogP contribution in [0.2, 0.25) is 0 Å². The summed E-state index contributed by atoms with van der Waals surface area (Å²) < 4.78 is 15.0. The van der Waals surface area contributed by atoms with E-state index in [0.717, 1.165) is 9.99 Å². The van der Waals surface area contributed by atoms with Gasteiger partial charge >= 0.3 is 0 Å². The average Bonchev–Trinajstić information content (AvgIpc) is 2.62. The van der Waals surface area contributed by atoms with E-state index in [1.807, 2.05) is 20.0 Å². The van der Waals surface area contributed by atoms with Crippen molar-refractivity contribution in [2.45, 2.75) is 31.4 Å². The number of nitrogens with zero attached hydrogens (tertiary/aromatic N) is 2. The molecule has 1 aromatic carbocycles. The van der Waals surface area contributed by atoms with Gasteiger partial charge in [0, 0.05) is 34.0 Å². The van der Waals surface area contributed by atoms with E-state index >= 15 is 0 Å². The van der Waals surface area contributed by atoms with Crippen molar-refractivity contribution >= 4 is 28.5 Å². The summed E-state index contributed by atoms with van der Waals surface area (Å²) in [6.45, 7) is 2.57. The number of carbonyl (C=O) groups excluding carboxylic acids is 1. The van der Waals surface area contributed by atoms with Crippen LogP contribution >= 0.6 is 22.6 Å². The number of aromatic nitrogens is 1. The first-order valence-corrected chi connectivity index (χ1v) is 10.0. The highest BCUT2D eigenvalue weighted by Gasteiger charge is 2.48. The van der Waals surface area contributed by atoms with Gasteiger partial charge in [-0.25, -0.2) is 4.39 Å². The smallest absolute Gasteiger partial charge is 0.254 e. The fraction of sp³-hybridized carbons (Fsp3) is 0.400. The lowest BCUT2D eigenvalue weighted by atomic mass is 9.84. The molecule has 1 atom stereocenters. The van der Waals surface area contributed by atoms with Gasteiger partial charge in [-0.15, -0.1) is 0 Å². The third-order valence-corrected chi connectivity index (χ3v) is 5.82. The number of halogens is 2. The van der Waals surface area contributed by atoms with Crippen molar-refractivity contribution in [1.29, 1.82) is 0 Å². The first-order valence-electron chi connectivity index (χ1n) is 8.93. The highest BCUT2D eigenvalue weighted by atomic mass is 127. The first-order chi connectivity index (χ1) is 12.9. The lowest BCUT2D eigenvalue weighted by Gasteiger charge is -2.50. The molecule has 0 unspecified atom stereocenters. The molecule has 7 heteroatoms. The summed E-state index contributed by atoms with van der Waals surface area (Å²) in [5.41, 5.74) is 0.800. The molecule has 2 aromatic rings. The van der Waals surface area contributed by atoms with E-state index in [-0.39, 0.29) is 30.9 Å². The molecular formula is C20H23FIN3O2. The van der Waals surface area contributed by atoms with Gasteiger partial charge in [-0.05, 0) is 65.4 Å². The Morgan fingerprint density at radius 2 is 2.15 bits per heavy atom. The highest BCUT2D eigenvalue weighted by Crippen LogP contribution is 2.29. The molecule has 1 saturated heterocycles. The third-order valence-electron chi connectivity index (χ3n) is 5.15. The van der Waals surface area contributed by atoms with Gasteiger partial charge in [-0.1, -0.05) is 13.0 Å². The largest absolute Gasteiger partial charge is 0.385 e. The van der Waals surface area contributed by atoms with E-state index < -0.39 is 5.60 Å². The maximum atomic E-state index is 14.2. The fourth-order valence-corrected chi connectivity index (χ4v) is 4.10. The van der Waals surface area contributed by atoms with Crippen molar-refractivity contribution in [2.75, 3.05) is 20.1 Å². The van der Waals surface area contributed by atoms with Crippen molar-refractivity contribution in [3.63, 3.8) is 0 Å². The predicted molar refractivity (Wildman–Crippen MR) is 110 cm³/mol. The number of rotatable bonds is 6. The summed E-state index contributed by atoms with van der Waals surface area (Å²) in [4.78, 5) is 18.7. The van der Waals surface area contributed by atoms with Gasteiger partial charge in [-0.3, -0.25) is 9.78 Å². The topological polar surface area (TPSA) is 65.5 Å². The Kier molecular flexibility index (Phi) is 6.12. The zero-order chi connectivity index (χ0) is 19.6. The minimum absolute atomic E-state index is 0.0562. The Morgan fingerprint density at radius 3 is 2.78 bits per heavy atom.